The molecule has 112 valence electrons. The third-order valence-corrected chi connectivity index (χ3v) is 3.75. The van der Waals surface area contributed by atoms with Gasteiger partial charge in [-0.15, -0.1) is 0 Å². The van der Waals surface area contributed by atoms with Crippen LogP contribution in [0.15, 0.2) is 6.33 Å². The Morgan fingerprint density at radius 1 is 1.25 bits per heavy atom. The van der Waals surface area contributed by atoms with Crippen molar-refractivity contribution in [1.29, 1.82) is 0 Å². The van der Waals surface area contributed by atoms with Crippen LogP contribution < -0.4 is 15.4 Å². The molecule has 0 saturated carbocycles. The topological polar surface area (TPSA) is 62.3 Å². The quantitative estimate of drug-likeness (QED) is 0.826. The van der Waals surface area contributed by atoms with Gasteiger partial charge >= 0.3 is 0 Å². The maximum Gasteiger partial charge on any atom is 0.204 e. The SMILES string of the molecule is CCNc1ncnc(NCC2CCN(C)CC2)c1OC. The van der Waals surface area contributed by atoms with E-state index in [1.807, 2.05) is 6.92 Å². The monoisotopic (exact) mass is 279 g/mol. The third kappa shape index (κ3) is 3.72. The summed E-state index contributed by atoms with van der Waals surface area (Å²) in [7, 11) is 3.83. The third-order valence-electron chi connectivity index (χ3n) is 3.75. The molecule has 0 aromatic carbocycles. The van der Waals surface area contributed by atoms with Gasteiger partial charge in [0, 0.05) is 13.1 Å². The van der Waals surface area contributed by atoms with Crippen molar-refractivity contribution in [1.82, 2.24) is 14.9 Å². The van der Waals surface area contributed by atoms with Crippen molar-refractivity contribution in [3.63, 3.8) is 0 Å². The van der Waals surface area contributed by atoms with Gasteiger partial charge in [-0.1, -0.05) is 0 Å². The van der Waals surface area contributed by atoms with E-state index in [9.17, 15) is 0 Å². The molecule has 2 heterocycles. The van der Waals surface area contributed by atoms with Gasteiger partial charge in [-0.25, -0.2) is 9.97 Å². The lowest BCUT2D eigenvalue weighted by atomic mass is 9.97. The zero-order valence-corrected chi connectivity index (χ0v) is 12.6. The average molecular weight is 279 g/mol. The van der Waals surface area contributed by atoms with Crippen molar-refractivity contribution >= 4 is 11.6 Å². The number of hydrogen-bond acceptors (Lipinski definition) is 6. The molecule has 6 heteroatoms. The Hall–Kier alpha value is -1.56. The van der Waals surface area contributed by atoms with Crippen LogP contribution in [-0.2, 0) is 0 Å². The van der Waals surface area contributed by atoms with Crippen LogP contribution in [0, 0.1) is 5.92 Å². The summed E-state index contributed by atoms with van der Waals surface area (Å²) in [6.07, 6.45) is 4.03. The van der Waals surface area contributed by atoms with Crippen molar-refractivity contribution in [2.75, 3.05) is 51.0 Å². The highest BCUT2D eigenvalue weighted by Gasteiger charge is 2.18. The van der Waals surface area contributed by atoms with E-state index < -0.39 is 0 Å². The zero-order valence-electron chi connectivity index (χ0n) is 12.6. The van der Waals surface area contributed by atoms with E-state index in [1.165, 1.54) is 25.9 Å². The highest BCUT2D eigenvalue weighted by atomic mass is 16.5. The number of piperidine rings is 1. The Labute approximate surface area is 120 Å². The van der Waals surface area contributed by atoms with Crippen LogP contribution in [0.4, 0.5) is 11.6 Å². The van der Waals surface area contributed by atoms with Crippen molar-refractivity contribution in [3.05, 3.63) is 6.33 Å². The van der Waals surface area contributed by atoms with Gasteiger partial charge in [-0.2, -0.15) is 0 Å². The minimum absolute atomic E-state index is 0.697. The van der Waals surface area contributed by atoms with Gasteiger partial charge in [0.05, 0.1) is 7.11 Å². The summed E-state index contributed by atoms with van der Waals surface area (Å²) in [4.78, 5) is 10.9. The van der Waals surface area contributed by atoms with Crippen LogP contribution in [0.1, 0.15) is 19.8 Å². The second kappa shape index (κ2) is 7.28. The molecule has 0 aliphatic carbocycles. The van der Waals surface area contributed by atoms with Crippen LogP contribution in [0.3, 0.4) is 0 Å². The fourth-order valence-electron chi connectivity index (χ4n) is 2.49. The first-order chi connectivity index (χ1) is 9.74. The number of nitrogens with zero attached hydrogens (tertiary/aromatic N) is 3. The summed E-state index contributed by atoms with van der Waals surface area (Å²) >= 11 is 0. The zero-order chi connectivity index (χ0) is 14.4. The van der Waals surface area contributed by atoms with Gasteiger partial charge in [0.2, 0.25) is 5.75 Å². The van der Waals surface area contributed by atoms with E-state index in [2.05, 4.69) is 32.5 Å². The lowest BCUT2D eigenvalue weighted by Gasteiger charge is -2.29. The molecule has 1 aliphatic heterocycles. The van der Waals surface area contributed by atoms with E-state index in [1.54, 1.807) is 13.4 Å². The minimum Gasteiger partial charge on any atom is -0.490 e. The molecule has 1 saturated heterocycles. The summed E-state index contributed by atoms with van der Waals surface area (Å²) in [6, 6.07) is 0. The first-order valence-corrected chi connectivity index (χ1v) is 7.29. The summed E-state index contributed by atoms with van der Waals surface area (Å²) in [6.45, 7) is 6.13. The van der Waals surface area contributed by atoms with Crippen LogP contribution in [0.25, 0.3) is 0 Å². The molecular formula is C14H25N5O. The average Bonchev–Trinajstić information content (AvgIpc) is 2.47. The molecule has 1 aliphatic rings. The van der Waals surface area contributed by atoms with Crippen LogP contribution >= 0.6 is 0 Å². The van der Waals surface area contributed by atoms with Gasteiger partial charge in [-0.3, -0.25) is 0 Å². The minimum atomic E-state index is 0.697. The number of aromatic nitrogens is 2. The summed E-state index contributed by atoms with van der Waals surface area (Å²) in [5.41, 5.74) is 0. The van der Waals surface area contributed by atoms with Gasteiger partial charge in [0.1, 0.15) is 6.33 Å². The Bertz CT molecular complexity index is 418. The van der Waals surface area contributed by atoms with E-state index in [-0.39, 0.29) is 0 Å². The first-order valence-electron chi connectivity index (χ1n) is 7.29. The van der Waals surface area contributed by atoms with Gasteiger partial charge in [0.25, 0.3) is 0 Å². The van der Waals surface area contributed by atoms with E-state index >= 15 is 0 Å². The summed E-state index contributed by atoms with van der Waals surface area (Å²) in [5.74, 6) is 2.92. The Kier molecular flexibility index (Phi) is 5.40. The second-order valence-electron chi connectivity index (χ2n) is 5.26. The van der Waals surface area contributed by atoms with Crippen molar-refractivity contribution in [2.45, 2.75) is 19.8 Å². The summed E-state index contributed by atoms with van der Waals surface area (Å²) < 4.78 is 5.43. The number of methoxy groups -OCH3 is 1. The van der Waals surface area contributed by atoms with Crippen LogP contribution in [0.2, 0.25) is 0 Å². The number of anilines is 2. The number of rotatable bonds is 6. The lowest BCUT2D eigenvalue weighted by Crippen LogP contribution is -2.33. The largest absolute Gasteiger partial charge is 0.490 e. The van der Waals surface area contributed by atoms with Gasteiger partial charge < -0.3 is 20.3 Å². The Morgan fingerprint density at radius 2 is 1.90 bits per heavy atom. The molecule has 0 spiro atoms. The molecule has 0 bridgehead atoms. The van der Waals surface area contributed by atoms with Crippen LogP contribution in [-0.4, -0.2) is 55.2 Å². The number of hydrogen-bond donors (Lipinski definition) is 2. The molecule has 0 atom stereocenters. The fraction of sp³-hybridized carbons (Fsp3) is 0.714. The number of likely N-dealkylation sites (tertiary alicyclic amines) is 1. The van der Waals surface area contributed by atoms with Crippen LogP contribution in [0.5, 0.6) is 5.75 Å². The Balaban J connectivity index is 1.96. The van der Waals surface area contributed by atoms with Crippen molar-refractivity contribution in [3.8, 4) is 5.75 Å². The second-order valence-corrected chi connectivity index (χ2v) is 5.26. The maximum absolute atomic E-state index is 5.43. The molecule has 0 unspecified atom stereocenters. The van der Waals surface area contributed by atoms with E-state index in [0.717, 1.165) is 24.7 Å². The molecule has 0 amide bonds. The highest BCUT2D eigenvalue weighted by Crippen LogP contribution is 2.29. The predicted molar refractivity (Wildman–Crippen MR) is 81.5 cm³/mol. The maximum atomic E-state index is 5.43. The molecular weight excluding hydrogens is 254 g/mol. The lowest BCUT2D eigenvalue weighted by molar-refractivity contribution is 0.226. The number of ether oxygens (including phenoxy) is 1. The molecule has 20 heavy (non-hydrogen) atoms. The van der Waals surface area contributed by atoms with Gasteiger partial charge in [-0.05, 0) is 45.8 Å². The standard InChI is InChI=1S/C14H25N5O/c1-4-15-13-12(20-3)14(18-10-17-13)16-9-11-5-7-19(2)8-6-11/h10-11H,4-9H2,1-3H3,(H2,15,16,17,18). The molecule has 1 aromatic rings. The highest BCUT2D eigenvalue weighted by molar-refractivity contribution is 5.63. The van der Waals surface area contributed by atoms with E-state index in [4.69, 9.17) is 4.74 Å². The smallest absolute Gasteiger partial charge is 0.204 e. The molecule has 1 aromatic heterocycles. The first kappa shape index (κ1) is 14.8. The van der Waals surface area contributed by atoms with E-state index in [0.29, 0.717) is 11.7 Å². The molecule has 0 radical (unpaired) electrons. The van der Waals surface area contributed by atoms with Gasteiger partial charge in [0.15, 0.2) is 11.6 Å². The predicted octanol–water partition coefficient (Wildman–Crippen LogP) is 1.67. The molecule has 6 nitrogen and oxygen atoms in total. The molecule has 1 fully saturated rings. The normalized spacial score (nSPS) is 16.9. The van der Waals surface area contributed by atoms with Crippen molar-refractivity contribution < 1.29 is 4.74 Å². The molecule has 2 rings (SSSR count). The fourth-order valence-corrected chi connectivity index (χ4v) is 2.49. The molecule has 2 N–H and O–H groups in total. The number of nitrogens with one attached hydrogen (secondary N) is 2. The Morgan fingerprint density at radius 3 is 2.50 bits per heavy atom. The van der Waals surface area contributed by atoms with Crippen molar-refractivity contribution in [2.24, 2.45) is 5.92 Å². The summed E-state index contributed by atoms with van der Waals surface area (Å²) in [5, 5.41) is 6.60.